The Kier molecular flexibility index (Phi) is 11.3. The first-order valence-corrected chi connectivity index (χ1v) is 14.2. The van der Waals surface area contributed by atoms with Gasteiger partial charge in [0.1, 0.15) is 18.3 Å². The number of unbranched alkanes of at least 4 members (excludes halogenated alkanes) is 7. The predicted octanol–water partition coefficient (Wildman–Crippen LogP) is 1.12. The molecule has 0 aromatic heterocycles. The van der Waals surface area contributed by atoms with Crippen molar-refractivity contribution in [1.29, 1.82) is 0 Å². The second-order valence-electron chi connectivity index (χ2n) is 9.39. The molecule has 0 saturated carbocycles. The maximum atomic E-state index is 11.7. The summed E-state index contributed by atoms with van der Waals surface area (Å²) in [6.45, 7) is 1.47. The summed E-state index contributed by atoms with van der Waals surface area (Å²) in [4.78, 5) is 11.6. The highest BCUT2D eigenvalue weighted by Crippen LogP contribution is 2.51. The van der Waals surface area contributed by atoms with E-state index in [-0.39, 0.29) is 29.9 Å². The van der Waals surface area contributed by atoms with E-state index < -0.39 is 71.4 Å². The van der Waals surface area contributed by atoms with E-state index in [4.69, 9.17) is 32.3 Å². The van der Waals surface area contributed by atoms with Crippen LogP contribution >= 0.6 is 0 Å². The van der Waals surface area contributed by atoms with Crippen LogP contribution in [0.4, 0.5) is 0 Å². The molecule has 6 N–H and O–H groups in total. The largest absolute Gasteiger partial charge is 0.490 e. The number of hydrogen-bond donors (Lipinski definition) is 6. The van der Waals surface area contributed by atoms with Gasteiger partial charge in [-0.15, -0.1) is 0 Å². The van der Waals surface area contributed by atoms with Gasteiger partial charge in [-0.2, -0.15) is 8.42 Å². The van der Waals surface area contributed by atoms with Crippen molar-refractivity contribution in [1.82, 2.24) is 0 Å². The fourth-order valence-corrected chi connectivity index (χ4v) is 4.88. The maximum absolute atomic E-state index is 11.7. The van der Waals surface area contributed by atoms with Crippen LogP contribution in [0.3, 0.4) is 0 Å². The lowest BCUT2D eigenvalue weighted by Crippen LogP contribution is -2.61. The molecule has 0 unspecified atom stereocenters. The number of aliphatic carboxylic acids is 1. The molecule has 14 nitrogen and oxygen atoms in total. The van der Waals surface area contributed by atoms with E-state index in [1.807, 2.05) is 0 Å². The van der Waals surface area contributed by atoms with Crippen molar-refractivity contribution in [2.75, 3.05) is 20.8 Å². The highest BCUT2D eigenvalue weighted by Gasteiger charge is 2.48. The van der Waals surface area contributed by atoms with E-state index in [0.717, 1.165) is 45.6 Å². The topological polar surface area (TPSA) is 219 Å². The number of methoxy groups -OCH3 is 2. The molecule has 1 aliphatic rings. The molecule has 1 aliphatic heterocycles. The first kappa shape index (κ1) is 29.1. The molecule has 0 spiro atoms. The zero-order chi connectivity index (χ0) is 32.5. The number of carboxylic acid groups (broad SMARTS) is 1. The number of benzene rings is 1. The van der Waals surface area contributed by atoms with Crippen LogP contribution in [0.2, 0.25) is 0 Å². The van der Waals surface area contributed by atoms with Gasteiger partial charge in [0.05, 0.1) is 18.3 Å². The van der Waals surface area contributed by atoms with Crippen molar-refractivity contribution in [2.24, 2.45) is 0 Å². The van der Waals surface area contributed by atoms with Gasteiger partial charge in [-0.25, -0.2) is 4.79 Å². The van der Waals surface area contributed by atoms with Crippen LogP contribution in [0, 0.1) is 6.92 Å². The minimum absolute atomic E-state index is 0.0580. The molecule has 0 bridgehead atoms. The van der Waals surface area contributed by atoms with E-state index in [2.05, 4.69) is 0 Å². The van der Waals surface area contributed by atoms with Gasteiger partial charge in [0.25, 0.3) is 0 Å². The molecule has 5 atom stereocenters. The smallest absolute Gasteiger partial charge is 0.446 e. The van der Waals surface area contributed by atoms with Crippen LogP contribution in [-0.2, 0) is 26.4 Å². The van der Waals surface area contributed by atoms with E-state index in [1.165, 1.54) is 6.92 Å². The van der Waals surface area contributed by atoms with E-state index in [9.17, 15) is 38.2 Å². The zero-order valence-corrected chi connectivity index (χ0v) is 23.1. The van der Waals surface area contributed by atoms with Gasteiger partial charge < -0.3 is 48.7 Å². The summed E-state index contributed by atoms with van der Waals surface area (Å²) in [5.74, 6) is -4.11. The minimum atomic E-state index is -5.21. The summed E-state index contributed by atoms with van der Waals surface area (Å²) in [6, 6.07) is 0. The Morgan fingerprint density at radius 1 is 0.900 bits per heavy atom. The van der Waals surface area contributed by atoms with Gasteiger partial charge in [0, 0.05) is 17.7 Å². The van der Waals surface area contributed by atoms with E-state index >= 15 is 0 Å². The van der Waals surface area contributed by atoms with Crippen molar-refractivity contribution < 1.29 is 70.5 Å². The number of carboxylic acids is 1. The lowest BCUT2D eigenvalue weighted by Gasteiger charge is -2.39. The Bertz CT molecular complexity index is 1180. The average molecular weight is 601 g/mol. The molecule has 0 aliphatic carbocycles. The van der Waals surface area contributed by atoms with Gasteiger partial charge in [-0.05, 0) is 26.2 Å². The van der Waals surface area contributed by atoms with Crippen LogP contribution in [0.5, 0.6) is 23.0 Å². The lowest BCUT2D eigenvalue weighted by molar-refractivity contribution is -0.271. The molecule has 1 aromatic rings. The molecule has 2 rings (SSSR count). The first-order valence-electron chi connectivity index (χ1n) is 14.3. The van der Waals surface area contributed by atoms with Gasteiger partial charge in [0.2, 0.25) is 17.8 Å². The normalized spacial score (nSPS) is 24.5. The molecule has 40 heavy (non-hydrogen) atoms. The van der Waals surface area contributed by atoms with Crippen LogP contribution in [0.25, 0.3) is 0 Å². The number of ether oxygens (including phenoxy) is 4. The second-order valence-corrected chi connectivity index (χ2v) is 10.4. The fraction of sp³-hybridized carbons (Fsp3) is 0.720. The number of hydrogen-bond acceptors (Lipinski definition) is 12. The third-order valence-corrected chi connectivity index (χ3v) is 6.94. The van der Waals surface area contributed by atoms with E-state index in [1.54, 1.807) is 0 Å². The van der Waals surface area contributed by atoms with Crippen LogP contribution in [0.15, 0.2) is 0 Å². The van der Waals surface area contributed by atoms with Gasteiger partial charge >= 0.3 is 16.4 Å². The standard InChI is InChI=1S/C25H40O14S/c1-14-15(12-10-8-6-4-5-7-9-11-13-26)20(23(36-3)22(35-2)19(14)39-40(32,33)34)37-25-18(29)16(27)17(28)21(38-25)24(30)31/h16-18,21,25-29H,4-13H2,1-3H3,(H,30,31)(H,32,33,34)/t16-,17-,18+,21-,25+/m0/s1/i2+1D3. The highest BCUT2D eigenvalue weighted by atomic mass is 32.3. The quantitative estimate of drug-likeness (QED) is 0.0839. The second kappa shape index (κ2) is 15.6. The summed E-state index contributed by atoms with van der Waals surface area (Å²) < 4.78 is 81.5. The van der Waals surface area contributed by atoms with Crippen LogP contribution in [0.1, 0.15) is 66.6 Å². The summed E-state index contributed by atoms with van der Waals surface area (Å²) in [7, 11) is -7.35. The van der Waals surface area contributed by atoms with Crippen molar-refractivity contribution in [3.63, 3.8) is 0 Å². The van der Waals surface area contributed by atoms with Crippen molar-refractivity contribution in [2.45, 2.75) is 95.4 Å². The summed E-state index contributed by atoms with van der Waals surface area (Å²) in [5.41, 5.74) is 0.0944. The van der Waals surface area contributed by atoms with Crippen molar-refractivity contribution in [3.8, 4) is 23.0 Å². The molecule has 0 amide bonds. The Morgan fingerprint density at radius 2 is 1.48 bits per heavy atom. The summed E-state index contributed by atoms with van der Waals surface area (Å²) >= 11 is 0. The third-order valence-electron chi connectivity index (χ3n) is 6.56. The Hall–Kier alpha value is -2.40. The predicted molar refractivity (Wildman–Crippen MR) is 139 cm³/mol. The Morgan fingerprint density at radius 3 is 2.00 bits per heavy atom. The van der Waals surface area contributed by atoms with Crippen molar-refractivity contribution in [3.05, 3.63) is 11.1 Å². The number of aliphatic hydroxyl groups excluding tert-OH is 4. The molecular weight excluding hydrogens is 557 g/mol. The molecule has 230 valence electrons. The van der Waals surface area contributed by atoms with Crippen molar-refractivity contribution >= 4 is 16.4 Å². The molecular formula is C25H40O14S. The molecule has 0 radical (unpaired) electrons. The lowest BCUT2D eigenvalue weighted by atomic mass is 9.97. The molecule has 1 aromatic carbocycles. The Labute approximate surface area is 237 Å². The molecule has 1 heterocycles. The first-order chi connectivity index (χ1) is 20.0. The highest BCUT2D eigenvalue weighted by molar-refractivity contribution is 7.81. The summed E-state index contributed by atoms with van der Waals surface area (Å²) in [5, 5.41) is 49.1. The van der Waals surface area contributed by atoms with Gasteiger partial charge in [-0.3, -0.25) is 4.55 Å². The zero-order valence-electron chi connectivity index (χ0n) is 25.3. The van der Waals surface area contributed by atoms with Crippen LogP contribution < -0.4 is 18.4 Å². The van der Waals surface area contributed by atoms with Crippen LogP contribution in [-0.4, -0.2) is 95.9 Å². The monoisotopic (exact) mass is 600 g/mol. The SMILES string of the molecule is [2H][13C]([2H])([2H])Oc1c(OS(=O)(=O)O)c(C)c(CCCCCCCCCCO)c(O[C@@H]2O[C@H](C(=O)O)[C@@H](O)[C@H](O)[C@H]2O)c1OC. The number of aliphatic hydroxyl groups is 4. The van der Waals surface area contributed by atoms with Gasteiger partial charge in [-0.1, -0.05) is 38.5 Å². The minimum Gasteiger partial charge on any atom is -0.490 e. The molecule has 1 saturated heterocycles. The van der Waals surface area contributed by atoms with Gasteiger partial charge in [0.15, 0.2) is 17.6 Å². The van der Waals surface area contributed by atoms with E-state index in [0.29, 0.717) is 12.8 Å². The summed E-state index contributed by atoms with van der Waals surface area (Å²) in [6.07, 6.45) is -3.34. The Balaban J connectivity index is 2.55. The number of carbonyl (C=O) groups is 1. The number of rotatable bonds is 17. The molecule has 1 fully saturated rings. The average Bonchev–Trinajstić information content (AvgIpc) is 2.90. The molecule has 15 heteroatoms. The fourth-order valence-electron chi connectivity index (χ4n) is 4.47. The third kappa shape index (κ3) is 8.80. The maximum Gasteiger partial charge on any atom is 0.446 e.